The number of benzene rings is 1. The number of fused-ring (bicyclic) bond motifs is 1. The minimum atomic E-state index is -0.507. The van der Waals surface area contributed by atoms with Crippen molar-refractivity contribution in [3.63, 3.8) is 0 Å². The summed E-state index contributed by atoms with van der Waals surface area (Å²) in [6.45, 7) is 2.42. The van der Waals surface area contributed by atoms with Gasteiger partial charge in [-0.15, -0.1) is 0 Å². The quantitative estimate of drug-likeness (QED) is 0.585. The first-order valence-corrected chi connectivity index (χ1v) is 12.2. The molecule has 9 heteroatoms. The van der Waals surface area contributed by atoms with E-state index in [-0.39, 0.29) is 25.4 Å². The molecular formula is C25H31ClN4O4. The minimum absolute atomic E-state index is 0.101. The molecule has 1 aromatic heterocycles. The molecule has 2 aromatic rings. The number of hydrogen-bond acceptors (Lipinski definition) is 6. The highest BCUT2D eigenvalue weighted by Gasteiger charge is 2.34. The first kappa shape index (κ1) is 24.4. The average Bonchev–Trinajstić information content (AvgIpc) is 3.46. The van der Waals surface area contributed by atoms with Gasteiger partial charge in [0, 0.05) is 31.8 Å². The Morgan fingerprint density at radius 1 is 1.24 bits per heavy atom. The van der Waals surface area contributed by atoms with Gasteiger partial charge in [-0.25, -0.2) is 4.79 Å². The largest absolute Gasteiger partial charge is 0.396 e. The van der Waals surface area contributed by atoms with Crippen LogP contribution < -0.4 is 21.5 Å². The number of aromatic nitrogens is 2. The Bertz CT molecular complexity index is 1190. The first-order chi connectivity index (χ1) is 16.4. The van der Waals surface area contributed by atoms with Crippen molar-refractivity contribution in [3.05, 3.63) is 55.7 Å². The van der Waals surface area contributed by atoms with Crippen LogP contribution in [0.3, 0.4) is 0 Å². The summed E-state index contributed by atoms with van der Waals surface area (Å²) in [6, 6.07) is 7.45. The van der Waals surface area contributed by atoms with Gasteiger partial charge >= 0.3 is 5.69 Å². The number of aliphatic hydroxyl groups excluding tert-OH is 1. The summed E-state index contributed by atoms with van der Waals surface area (Å²) in [4.78, 5) is 28.1. The predicted octanol–water partition coefficient (Wildman–Crippen LogP) is 2.69. The van der Waals surface area contributed by atoms with E-state index in [9.17, 15) is 14.7 Å². The van der Waals surface area contributed by atoms with Gasteiger partial charge in [0.2, 0.25) is 0 Å². The van der Waals surface area contributed by atoms with Crippen LogP contribution in [-0.4, -0.2) is 39.2 Å². The van der Waals surface area contributed by atoms with Crippen LogP contribution >= 0.6 is 11.6 Å². The minimum Gasteiger partial charge on any atom is -0.396 e. The van der Waals surface area contributed by atoms with E-state index in [0.717, 1.165) is 23.0 Å². The second-order valence-corrected chi connectivity index (χ2v) is 9.29. The van der Waals surface area contributed by atoms with Crippen molar-refractivity contribution >= 4 is 23.1 Å². The molecule has 2 aliphatic rings. The smallest absolute Gasteiger partial charge is 0.332 e. The van der Waals surface area contributed by atoms with Crippen LogP contribution in [0.2, 0.25) is 5.02 Å². The average molecular weight is 487 g/mol. The Hall–Kier alpha value is -2.73. The number of rotatable bonds is 7. The lowest BCUT2D eigenvalue weighted by atomic mass is 10.2. The van der Waals surface area contributed by atoms with E-state index in [4.69, 9.17) is 16.3 Å². The van der Waals surface area contributed by atoms with Crippen molar-refractivity contribution in [2.45, 2.75) is 70.5 Å². The van der Waals surface area contributed by atoms with Gasteiger partial charge in [-0.05, 0) is 43.9 Å². The van der Waals surface area contributed by atoms with Crippen molar-refractivity contribution in [2.24, 2.45) is 7.05 Å². The highest BCUT2D eigenvalue weighted by Crippen LogP contribution is 2.32. The molecule has 1 fully saturated rings. The van der Waals surface area contributed by atoms with Crippen LogP contribution in [0.1, 0.15) is 44.6 Å². The zero-order chi connectivity index (χ0) is 24.2. The third-order valence-electron chi connectivity index (χ3n) is 6.31. The predicted molar refractivity (Wildman–Crippen MR) is 133 cm³/mol. The summed E-state index contributed by atoms with van der Waals surface area (Å²) in [5.41, 5.74) is 0.467. The SMILES string of the molecule is CC(C#CC1Nc2c(n(C)c(=O)n(CCCO)c2=O)N1Cc1ccc(Cl)cc1)OC1CCCC1. The maximum atomic E-state index is 13.2. The third-order valence-corrected chi connectivity index (χ3v) is 6.56. The van der Waals surface area contributed by atoms with Crippen LogP contribution in [0.15, 0.2) is 33.9 Å². The van der Waals surface area contributed by atoms with E-state index in [0.29, 0.717) is 29.5 Å². The van der Waals surface area contributed by atoms with Crippen LogP contribution in [0.25, 0.3) is 0 Å². The summed E-state index contributed by atoms with van der Waals surface area (Å²) in [7, 11) is 1.65. The van der Waals surface area contributed by atoms with Gasteiger partial charge < -0.3 is 20.1 Å². The molecule has 1 aliphatic carbocycles. The van der Waals surface area contributed by atoms with E-state index in [2.05, 4.69) is 17.2 Å². The molecule has 34 heavy (non-hydrogen) atoms. The Balaban J connectivity index is 1.68. The lowest BCUT2D eigenvalue weighted by Crippen LogP contribution is -2.41. The molecule has 2 heterocycles. The topological polar surface area (TPSA) is 88.7 Å². The van der Waals surface area contributed by atoms with Gasteiger partial charge in [0.05, 0.1) is 6.10 Å². The van der Waals surface area contributed by atoms with Gasteiger partial charge in [0.25, 0.3) is 5.56 Å². The van der Waals surface area contributed by atoms with E-state index < -0.39 is 17.4 Å². The molecule has 8 nitrogen and oxygen atoms in total. The van der Waals surface area contributed by atoms with Crippen molar-refractivity contribution in [1.82, 2.24) is 9.13 Å². The van der Waals surface area contributed by atoms with Gasteiger partial charge in [-0.2, -0.15) is 0 Å². The summed E-state index contributed by atoms with van der Waals surface area (Å²) in [5.74, 6) is 6.91. The van der Waals surface area contributed by atoms with Crippen molar-refractivity contribution in [3.8, 4) is 11.8 Å². The molecule has 182 valence electrons. The summed E-state index contributed by atoms with van der Waals surface area (Å²) >= 11 is 6.05. The molecule has 1 aromatic carbocycles. The molecule has 2 N–H and O–H groups in total. The number of nitrogens with one attached hydrogen (secondary N) is 1. The zero-order valence-corrected chi connectivity index (χ0v) is 20.3. The van der Waals surface area contributed by atoms with Crippen LogP contribution in [0, 0.1) is 11.8 Å². The molecule has 1 aliphatic heterocycles. The maximum Gasteiger partial charge on any atom is 0.332 e. The van der Waals surface area contributed by atoms with Crippen molar-refractivity contribution in [2.75, 3.05) is 16.8 Å². The van der Waals surface area contributed by atoms with E-state index in [1.54, 1.807) is 7.05 Å². The number of halogens is 1. The summed E-state index contributed by atoms with van der Waals surface area (Å²) in [6.07, 6.45) is 4.34. The molecule has 2 unspecified atom stereocenters. The Morgan fingerprint density at radius 2 is 1.94 bits per heavy atom. The highest BCUT2D eigenvalue weighted by molar-refractivity contribution is 6.30. The van der Waals surface area contributed by atoms with E-state index >= 15 is 0 Å². The van der Waals surface area contributed by atoms with Gasteiger partial charge in [0.1, 0.15) is 17.6 Å². The Kier molecular flexibility index (Phi) is 7.67. The van der Waals surface area contributed by atoms with Gasteiger partial charge in [-0.1, -0.05) is 48.4 Å². The molecule has 4 rings (SSSR count). The second kappa shape index (κ2) is 10.7. The fourth-order valence-corrected chi connectivity index (χ4v) is 4.72. The number of ether oxygens (including phenoxy) is 1. The van der Waals surface area contributed by atoms with E-state index in [1.165, 1.54) is 17.4 Å². The van der Waals surface area contributed by atoms with Crippen molar-refractivity contribution < 1.29 is 9.84 Å². The fourth-order valence-electron chi connectivity index (χ4n) is 4.59. The Morgan fingerprint density at radius 3 is 2.62 bits per heavy atom. The van der Waals surface area contributed by atoms with Crippen LogP contribution in [-0.2, 0) is 24.9 Å². The lowest BCUT2D eigenvalue weighted by molar-refractivity contribution is 0.0324. The van der Waals surface area contributed by atoms with E-state index in [1.807, 2.05) is 36.1 Å². The fraction of sp³-hybridized carbons (Fsp3) is 0.520. The molecule has 1 saturated carbocycles. The second-order valence-electron chi connectivity index (χ2n) is 8.85. The molecular weight excluding hydrogens is 456 g/mol. The van der Waals surface area contributed by atoms with Crippen LogP contribution in [0.4, 0.5) is 11.5 Å². The number of aliphatic hydroxyl groups is 1. The van der Waals surface area contributed by atoms with Crippen LogP contribution in [0.5, 0.6) is 0 Å². The molecule has 0 amide bonds. The molecule has 0 bridgehead atoms. The molecule has 0 saturated heterocycles. The highest BCUT2D eigenvalue weighted by atomic mass is 35.5. The third kappa shape index (κ3) is 5.17. The molecule has 0 spiro atoms. The number of hydrogen-bond donors (Lipinski definition) is 2. The zero-order valence-electron chi connectivity index (χ0n) is 19.6. The number of nitrogens with zero attached hydrogens (tertiary/aromatic N) is 3. The summed E-state index contributed by atoms with van der Waals surface area (Å²) < 4.78 is 8.69. The normalized spacial score (nSPS) is 18.4. The standard InChI is InChI=1S/C25H31ClN4O4/c1-17(34-20-6-3-4-7-20)8-13-21-27-22-23(30(21)16-18-9-11-19(26)12-10-18)28(2)25(33)29(24(22)32)14-5-15-31/h9-12,17,20-21,27,31H,3-7,14-16H2,1-2H3. The maximum absolute atomic E-state index is 13.2. The monoisotopic (exact) mass is 486 g/mol. The lowest BCUT2D eigenvalue weighted by Gasteiger charge is -2.25. The van der Waals surface area contributed by atoms with Crippen molar-refractivity contribution in [1.29, 1.82) is 0 Å². The summed E-state index contributed by atoms with van der Waals surface area (Å²) in [5, 5.41) is 13.0. The Labute approximate surface area is 204 Å². The van der Waals surface area contributed by atoms with Gasteiger partial charge in [0.15, 0.2) is 6.17 Å². The molecule has 2 atom stereocenters. The van der Waals surface area contributed by atoms with Gasteiger partial charge in [-0.3, -0.25) is 13.9 Å². The first-order valence-electron chi connectivity index (χ1n) is 11.8. The number of anilines is 2. The molecule has 0 radical (unpaired) electrons.